The quantitative estimate of drug-likeness (QED) is 0.553. The first-order valence-electron chi connectivity index (χ1n) is 2.74. The fourth-order valence-electron chi connectivity index (χ4n) is 0.382. The molecule has 1 saturated heterocycles. The van der Waals surface area contributed by atoms with E-state index < -0.39 is 36.6 Å². The molecular formula is C3H6O6S3. The van der Waals surface area contributed by atoms with E-state index in [9.17, 15) is 16.8 Å². The first-order valence-corrected chi connectivity index (χ1v) is 6.22. The Labute approximate surface area is 74.9 Å². The molecule has 0 amide bonds. The van der Waals surface area contributed by atoms with Gasteiger partial charge in [-0.3, -0.25) is 0 Å². The highest BCUT2D eigenvalue weighted by atomic mass is 32.3. The zero-order chi connectivity index (χ0) is 9.57. The van der Waals surface area contributed by atoms with Crippen molar-refractivity contribution in [2.75, 3.05) is 0 Å². The highest BCUT2D eigenvalue weighted by Crippen LogP contribution is 2.29. The average Bonchev–Trinajstić information content (AvgIpc) is 1.82. The molecule has 9 heteroatoms. The maximum absolute atomic E-state index is 11.0. The van der Waals surface area contributed by atoms with Gasteiger partial charge in [0.25, 0.3) is 0 Å². The van der Waals surface area contributed by atoms with Gasteiger partial charge in [-0.15, -0.1) is 3.63 Å². The van der Waals surface area contributed by atoms with Crippen molar-refractivity contribution in [3.05, 3.63) is 0 Å². The predicted molar refractivity (Wildman–Crippen MR) is 41.5 cm³/mol. The number of rotatable bonds is 0. The zero-order valence-corrected chi connectivity index (χ0v) is 8.62. The van der Waals surface area contributed by atoms with Crippen LogP contribution in [0.25, 0.3) is 0 Å². The van der Waals surface area contributed by atoms with Crippen molar-refractivity contribution in [2.24, 2.45) is 0 Å². The lowest BCUT2D eigenvalue weighted by Gasteiger charge is -2.24. The maximum atomic E-state index is 11.0. The third-order valence-corrected chi connectivity index (χ3v) is 6.39. The van der Waals surface area contributed by atoms with Gasteiger partial charge in [0.2, 0.25) is 0 Å². The molecule has 0 radical (unpaired) electrons. The van der Waals surface area contributed by atoms with Crippen molar-refractivity contribution in [1.29, 1.82) is 0 Å². The number of hydrogen-bond acceptors (Lipinski definition) is 6. The standard InChI is InChI=1S/C3H6O6S3/c1-3(2)10(4)8-11(5)9-12(3,6)7/h1-2H3. The van der Waals surface area contributed by atoms with Crippen LogP contribution in [-0.4, -0.2) is 20.9 Å². The fourth-order valence-corrected chi connectivity index (χ4v) is 4.14. The minimum atomic E-state index is -4.08. The summed E-state index contributed by atoms with van der Waals surface area (Å²) in [6.07, 6.45) is 0. The summed E-state index contributed by atoms with van der Waals surface area (Å²) in [6, 6.07) is 0. The molecule has 0 N–H and O–H groups in total. The van der Waals surface area contributed by atoms with E-state index in [1.54, 1.807) is 0 Å². The van der Waals surface area contributed by atoms with Crippen LogP contribution < -0.4 is 0 Å². The van der Waals surface area contributed by atoms with Gasteiger partial charge in [0.05, 0.1) is 0 Å². The van der Waals surface area contributed by atoms with E-state index in [1.807, 2.05) is 0 Å². The van der Waals surface area contributed by atoms with Crippen LogP contribution in [-0.2, 0) is 39.8 Å². The molecule has 1 fully saturated rings. The van der Waals surface area contributed by atoms with Gasteiger partial charge >= 0.3 is 21.5 Å². The monoisotopic (exact) mass is 234 g/mol. The highest BCUT2D eigenvalue weighted by molar-refractivity contribution is 8.12. The lowest BCUT2D eigenvalue weighted by Crippen LogP contribution is -2.43. The van der Waals surface area contributed by atoms with E-state index >= 15 is 0 Å². The first kappa shape index (κ1) is 10.3. The average molecular weight is 234 g/mol. The molecule has 2 unspecified atom stereocenters. The number of hydrogen-bond donors (Lipinski definition) is 0. The SMILES string of the molecule is CC1(C)S(=O)OS(=O)OS1(=O)=O. The molecule has 1 aliphatic rings. The van der Waals surface area contributed by atoms with Gasteiger partial charge in [0.15, 0.2) is 15.2 Å². The molecule has 1 heterocycles. The van der Waals surface area contributed by atoms with Crippen molar-refractivity contribution < 1.29 is 24.1 Å². The van der Waals surface area contributed by atoms with Crippen LogP contribution in [0, 0.1) is 0 Å². The maximum Gasteiger partial charge on any atom is 0.334 e. The smallest absolute Gasteiger partial charge is 0.227 e. The fraction of sp³-hybridized carbons (Fsp3) is 1.00. The molecule has 1 rings (SSSR count). The van der Waals surface area contributed by atoms with Crippen LogP contribution in [0.5, 0.6) is 0 Å². The van der Waals surface area contributed by atoms with Crippen LogP contribution in [0.3, 0.4) is 0 Å². The highest BCUT2D eigenvalue weighted by Gasteiger charge is 2.49. The van der Waals surface area contributed by atoms with Crippen molar-refractivity contribution in [3.63, 3.8) is 0 Å². The molecule has 2 atom stereocenters. The van der Waals surface area contributed by atoms with Crippen LogP contribution in [0.4, 0.5) is 0 Å². The van der Waals surface area contributed by atoms with Gasteiger partial charge in [-0.05, 0) is 13.8 Å². The molecule has 0 bridgehead atoms. The Morgan fingerprint density at radius 1 is 1.25 bits per heavy atom. The minimum Gasteiger partial charge on any atom is -0.227 e. The van der Waals surface area contributed by atoms with Gasteiger partial charge in [-0.2, -0.15) is 16.3 Å². The van der Waals surface area contributed by atoms with Crippen LogP contribution in [0.1, 0.15) is 13.8 Å². The largest absolute Gasteiger partial charge is 0.334 e. The molecule has 0 aliphatic carbocycles. The molecule has 1 aliphatic heterocycles. The minimum absolute atomic E-state index is 1.16. The Morgan fingerprint density at radius 3 is 2.17 bits per heavy atom. The second-order valence-corrected chi connectivity index (χ2v) is 7.60. The summed E-state index contributed by atoms with van der Waals surface area (Å²) in [5, 5.41) is 0. The zero-order valence-electron chi connectivity index (χ0n) is 6.17. The van der Waals surface area contributed by atoms with E-state index in [0.717, 1.165) is 13.8 Å². The van der Waals surface area contributed by atoms with Crippen LogP contribution >= 0.6 is 0 Å². The Bertz CT molecular complexity index is 339. The molecule has 72 valence electrons. The summed E-state index contributed by atoms with van der Waals surface area (Å²) in [5.41, 5.74) is 0. The summed E-state index contributed by atoms with van der Waals surface area (Å²) in [4.78, 5) is 0. The van der Waals surface area contributed by atoms with Crippen LogP contribution in [0.15, 0.2) is 0 Å². The van der Waals surface area contributed by atoms with E-state index in [0.29, 0.717) is 0 Å². The van der Waals surface area contributed by atoms with Gasteiger partial charge < -0.3 is 0 Å². The Morgan fingerprint density at radius 2 is 1.75 bits per heavy atom. The predicted octanol–water partition coefficient (Wildman–Crippen LogP) is -0.658. The molecule has 0 spiro atoms. The van der Waals surface area contributed by atoms with E-state index in [4.69, 9.17) is 0 Å². The van der Waals surface area contributed by atoms with E-state index in [2.05, 4.69) is 7.26 Å². The van der Waals surface area contributed by atoms with Crippen molar-refractivity contribution in [3.8, 4) is 0 Å². The Hall–Kier alpha value is 0.170. The Kier molecular flexibility index (Phi) is 2.43. The molecule has 0 saturated carbocycles. The topological polar surface area (TPSA) is 86.7 Å². The summed E-state index contributed by atoms with van der Waals surface area (Å²) in [7, 11) is -4.08. The third kappa shape index (κ3) is 1.46. The molecule has 0 aromatic carbocycles. The summed E-state index contributed by atoms with van der Waals surface area (Å²) in [6.45, 7) is 2.32. The molecule has 0 aromatic heterocycles. The van der Waals surface area contributed by atoms with Gasteiger partial charge in [-0.1, -0.05) is 0 Å². The van der Waals surface area contributed by atoms with Crippen molar-refractivity contribution in [1.82, 2.24) is 0 Å². The summed E-state index contributed by atoms with van der Waals surface area (Å²) in [5.74, 6) is 0. The third-order valence-electron chi connectivity index (χ3n) is 1.27. The lowest BCUT2D eigenvalue weighted by atomic mass is 10.5. The van der Waals surface area contributed by atoms with Gasteiger partial charge in [0, 0.05) is 0 Å². The second-order valence-electron chi connectivity index (χ2n) is 2.43. The Balaban J connectivity index is 3.20. The van der Waals surface area contributed by atoms with Crippen LogP contribution in [0.2, 0.25) is 0 Å². The van der Waals surface area contributed by atoms with Crippen molar-refractivity contribution >= 4 is 32.6 Å². The lowest BCUT2D eigenvalue weighted by molar-refractivity contribution is 0.421. The molecule has 0 aromatic rings. The molecule has 12 heavy (non-hydrogen) atoms. The van der Waals surface area contributed by atoms with E-state index in [-0.39, 0.29) is 0 Å². The molecular weight excluding hydrogens is 228 g/mol. The first-order chi connectivity index (χ1) is 5.27. The molecule has 6 nitrogen and oxygen atoms in total. The second kappa shape index (κ2) is 2.84. The normalized spacial score (nSPS) is 39.2. The summed E-state index contributed by atoms with van der Waals surface area (Å²) < 4.78 is 50.0. The van der Waals surface area contributed by atoms with E-state index in [1.165, 1.54) is 0 Å². The summed E-state index contributed by atoms with van der Waals surface area (Å²) >= 11 is -4.64. The van der Waals surface area contributed by atoms with Gasteiger partial charge in [-0.25, -0.2) is 4.21 Å². The van der Waals surface area contributed by atoms with Gasteiger partial charge in [0.1, 0.15) is 0 Å². The van der Waals surface area contributed by atoms with Crippen molar-refractivity contribution in [2.45, 2.75) is 17.9 Å².